The molecule has 0 saturated carbocycles. The number of hydrogen-bond acceptors (Lipinski definition) is 3. The molecule has 0 aliphatic rings. The highest BCUT2D eigenvalue weighted by atomic mass is 16.4. The Morgan fingerprint density at radius 2 is 2.10 bits per heavy atom. The summed E-state index contributed by atoms with van der Waals surface area (Å²) in [7, 11) is 0. The minimum absolute atomic E-state index is 0.0554. The highest BCUT2D eigenvalue weighted by Gasteiger charge is 2.12. The lowest BCUT2D eigenvalue weighted by Gasteiger charge is -2.19. The van der Waals surface area contributed by atoms with Crippen LogP contribution in [0.5, 0.6) is 0 Å². The number of H-pyrrole nitrogens is 1. The lowest BCUT2D eigenvalue weighted by molar-refractivity contribution is -0.138. The maximum Gasteiger partial charge on any atom is 0.317 e. The van der Waals surface area contributed by atoms with Gasteiger partial charge < -0.3 is 10.1 Å². The Morgan fingerprint density at radius 3 is 2.80 bits per heavy atom. The van der Waals surface area contributed by atoms with Crippen LogP contribution >= 0.6 is 0 Å². The standard InChI is InChI=1S/C15H18N2O3/c1-2-7-17(10-14(18)19)9-12-8-11-5-3-4-6-13(11)16-15(12)20/h3-6,8H,2,7,9-10H2,1H3,(H,16,20)(H,18,19). The number of fused-ring (bicyclic) bond motifs is 1. The number of carbonyl (C=O) groups is 1. The summed E-state index contributed by atoms with van der Waals surface area (Å²) in [6.45, 7) is 2.93. The van der Waals surface area contributed by atoms with Gasteiger partial charge in [-0.2, -0.15) is 0 Å². The fourth-order valence-corrected chi connectivity index (χ4v) is 2.27. The normalized spacial score (nSPS) is 11.1. The number of para-hydroxylation sites is 1. The molecular formula is C15H18N2O3. The van der Waals surface area contributed by atoms with E-state index in [-0.39, 0.29) is 12.1 Å². The van der Waals surface area contributed by atoms with E-state index in [1.165, 1.54) is 0 Å². The summed E-state index contributed by atoms with van der Waals surface area (Å²) in [4.78, 5) is 27.5. The smallest absolute Gasteiger partial charge is 0.317 e. The Morgan fingerprint density at radius 1 is 1.35 bits per heavy atom. The van der Waals surface area contributed by atoms with E-state index in [1.807, 2.05) is 37.3 Å². The molecule has 0 aliphatic heterocycles. The molecule has 0 spiro atoms. The van der Waals surface area contributed by atoms with Gasteiger partial charge in [0.15, 0.2) is 0 Å². The first-order chi connectivity index (χ1) is 9.60. The number of benzene rings is 1. The van der Waals surface area contributed by atoms with Crippen LogP contribution in [0.3, 0.4) is 0 Å². The minimum Gasteiger partial charge on any atom is -0.480 e. The van der Waals surface area contributed by atoms with Crippen molar-refractivity contribution in [3.8, 4) is 0 Å². The monoisotopic (exact) mass is 274 g/mol. The predicted octanol–water partition coefficient (Wildman–Crippen LogP) is 1.82. The number of hydrogen-bond donors (Lipinski definition) is 2. The third kappa shape index (κ3) is 3.45. The van der Waals surface area contributed by atoms with Crippen LogP contribution in [-0.4, -0.2) is 34.0 Å². The second-order valence-electron chi connectivity index (χ2n) is 4.82. The highest BCUT2D eigenvalue weighted by Crippen LogP contribution is 2.11. The second kappa shape index (κ2) is 6.34. The molecule has 1 heterocycles. The van der Waals surface area contributed by atoms with Gasteiger partial charge in [0, 0.05) is 17.6 Å². The zero-order valence-corrected chi connectivity index (χ0v) is 11.4. The molecule has 0 saturated heterocycles. The van der Waals surface area contributed by atoms with Gasteiger partial charge in [0.25, 0.3) is 5.56 Å². The van der Waals surface area contributed by atoms with Crippen molar-refractivity contribution in [3.63, 3.8) is 0 Å². The first-order valence-electron chi connectivity index (χ1n) is 6.65. The van der Waals surface area contributed by atoms with Crippen molar-refractivity contribution in [2.75, 3.05) is 13.1 Å². The molecule has 5 nitrogen and oxygen atoms in total. The fraction of sp³-hybridized carbons (Fsp3) is 0.333. The van der Waals surface area contributed by atoms with E-state index >= 15 is 0 Å². The van der Waals surface area contributed by atoms with Crippen LogP contribution < -0.4 is 5.56 Å². The molecule has 0 amide bonds. The van der Waals surface area contributed by atoms with Gasteiger partial charge in [0.2, 0.25) is 0 Å². The van der Waals surface area contributed by atoms with Crippen molar-refractivity contribution in [3.05, 3.63) is 46.2 Å². The SMILES string of the molecule is CCCN(CC(=O)O)Cc1cc2ccccc2[nH]c1=O. The molecule has 0 bridgehead atoms. The molecule has 2 aromatic rings. The molecular weight excluding hydrogens is 256 g/mol. The van der Waals surface area contributed by atoms with E-state index < -0.39 is 5.97 Å². The van der Waals surface area contributed by atoms with Gasteiger partial charge in [0.05, 0.1) is 6.54 Å². The summed E-state index contributed by atoms with van der Waals surface area (Å²) in [6, 6.07) is 9.38. The van der Waals surface area contributed by atoms with E-state index in [1.54, 1.807) is 4.90 Å². The van der Waals surface area contributed by atoms with Crippen LogP contribution in [-0.2, 0) is 11.3 Å². The molecule has 1 aromatic carbocycles. The zero-order valence-electron chi connectivity index (χ0n) is 11.4. The average Bonchev–Trinajstić information content (AvgIpc) is 2.39. The van der Waals surface area contributed by atoms with Crippen LogP contribution in [0.2, 0.25) is 0 Å². The summed E-state index contributed by atoms with van der Waals surface area (Å²) in [5.74, 6) is -0.879. The number of nitrogens with zero attached hydrogens (tertiary/aromatic N) is 1. The summed E-state index contributed by atoms with van der Waals surface area (Å²) in [6.07, 6.45) is 0.846. The van der Waals surface area contributed by atoms with Crippen molar-refractivity contribution < 1.29 is 9.90 Å². The number of pyridine rings is 1. The molecule has 0 fully saturated rings. The minimum atomic E-state index is -0.879. The Kier molecular flexibility index (Phi) is 4.53. The summed E-state index contributed by atoms with van der Waals surface area (Å²) < 4.78 is 0. The van der Waals surface area contributed by atoms with Crippen molar-refractivity contribution in [1.29, 1.82) is 0 Å². The third-order valence-electron chi connectivity index (χ3n) is 3.12. The molecule has 0 aliphatic carbocycles. The van der Waals surface area contributed by atoms with Crippen LogP contribution in [0.4, 0.5) is 0 Å². The van der Waals surface area contributed by atoms with Crippen molar-refractivity contribution in [1.82, 2.24) is 9.88 Å². The number of aromatic nitrogens is 1. The van der Waals surface area contributed by atoms with E-state index in [0.717, 1.165) is 17.3 Å². The molecule has 1 aromatic heterocycles. The molecule has 2 rings (SSSR count). The molecule has 20 heavy (non-hydrogen) atoms. The molecule has 0 atom stereocenters. The average molecular weight is 274 g/mol. The number of aromatic amines is 1. The van der Waals surface area contributed by atoms with Gasteiger partial charge in [-0.15, -0.1) is 0 Å². The van der Waals surface area contributed by atoms with Crippen LogP contribution in [0, 0.1) is 0 Å². The Bertz CT molecular complexity index is 663. The number of rotatable bonds is 6. The zero-order chi connectivity index (χ0) is 14.5. The summed E-state index contributed by atoms with van der Waals surface area (Å²) in [5.41, 5.74) is 1.23. The number of carboxylic acid groups (broad SMARTS) is 1. The van der Waals surface area contributed by atoms with E-state index in [4.69, 9.17) is 5.11 Å². The van der Waals surface area contributed by atoms with Crippen LogP contribution in [0.1, 0.15) is 18.9 Å². The summed E-state index contributed by atoms with van der Waals surface area (Å²) in [5, 5.41) is 9.85. The van der Waals surface area contributed by atoms with Gasteiger partial charge in [-0.05, 0) is 30.5 Å². The van der Waals surface area contributed by atoms with Crippen molar-refractivity contribution >= 4 is 16.9 Å². The first-order valence-corrected chi connectivity index (χ1v) is 6.65. The van der Waals surface area contributed by atoms with E-state index in [0.29, 0.717) is 18.7 Å². The van der Waals surface area contributed by atoms with Gasteiger partial charge in [-0.3, -0.25) is 14.5 Å². The lowest BCUT2D eigenvalue weighted by atomic mass is 10.1. The topological polar surface area (TPSA) is 73.4 Å². The molecule has 5 heteroatoms. The maximum atomic E-state index is 12.0. The Balaban J connectivity index is 2.29. The second-order valence-corrected chi connectivity index (χ2v) is 4.82. The van der Waals surface area contributed by atoms with E-state index in [9.17, 15) is 9.59 Å². The number of carboxylic acids is 1. The van der Waals surface area contributed by atoms with Crippen LogP contribution in [0.15, 0.2) is 35.1 Å². The quantitative estimate of drug-likeness (QED) is 0.842. The third-order valence-corrected chi connectivity index (χ3v) is 3.12. The highest BCUT2D eigenvalue weighted by molar-refractivity contribution is 5.78. The largest absolute Gasteiger partial charge is 0.480 e. The van der Waals surface area contributed by atoms with Gasteiger partial charge in [-0.1, -0.05) is 25.1 Å². The lowest BCUT2D eigenvalue weighted by Crippen LogP contribution is -2.32. The fourth-order valence-electron chi connectivity index (χ4n) is 2.27. The summed E-state index contributed by atoms with van der Waals surface area (Å²) >= 11 is 0. The Labute approximate surface area is 116 Å². The number of nitrogens with one attached hydrogen (secondary N) is 1. The molecule has 0 radical (unpaired) electrons. The molecule has 2 N–H and O–H groups in total. The van der Waals surface area contributed by atoms with Crippen molar-refractivity contribution in [2.45, 2.75) is 19.9 Å². The van der Waals surface area contributed by atoms with Crippen molar-refractivity contribution in [2.24, 2.45) is 0 Å². The van der Waals surface area contributed by atoms with Gasteiger partial charge in [-0.25, -0.2) is 0 Å². The molecule has 106 valence electrons. The first kappa shape index (κ1) is 14.3. The maximum absolute atomic E-state index is 12.0. The Hall–Kier alpha value is -2.14. The van der Waals surface area contributed by atoms with Gasteiger partial charge >= 0.3 is 5.97 Å². The van der Waals surface area contributed by atoms with Gasteiger partial charge in [0.1, 0.15) is 0 Å². The van der Waals surface area contributed by atoms with Crippen LogP contribution in [0.25, 0.3) is 10.9 Å². The number of aliphatic carboxylic acids is 1. The van der Waals surface area contributed by atoms with E-state index in [2.05, 4.69) is 4.98 Å². The molecule has 0 unspecified atom stereocenters. The predicted molar refractivity (Wildman–Crippen MR) is 77.8 cm³/mol.